The van der Waals surface area contributed by atoms with Gasteiger partial charge >= 0.3 is 0 Å². The molecule has 1 aliphatic rings. The molecule has 2 N–H and O–H groups in total. The highest BCUT2D eigenvalue weighted by molar-refractivity contribution is 14.0. The zero-order chi connectivity index (χ0) is 14.2. The maximum absolute atomic E-state index is 5.22. The molecule has 0 bridgehead atoms. The van der Waals surface area contributed by atoms with E-state index >= 15 is 0 Å². The van der Waals surface area contributed by atoms with Gasteiger partial charge in [0.05, 0.1) is 7.11 Å². The molecule has 2 rings (SSSR count). The third-order valence-electron chi connectivity index (χ3n) is 3.60. The maximum atomic E-state index is 5.22. The fourth-order valence-corrected chi connectivity index (χ4v) is 2.19. The van der Waals surface area contributed by atoms with Gasteiger partial charge in [0.25, 0.3) is 0 Å². The molecule has 0 aliphatic heterocycles. The van der Waals surface area contributed by atoms with Gasteiger partial charge in [-0.05, 0) is 36.5 Å². The average Bonchev–Trinajstić information content (AvgIpc) is 3.31. The van der Waals surface area contributed by atoms with Crippen LogP contribution in [0.4, 0.5) is 0 Å². The molecule has 0 aromatic heterocycles. The van der Waals surface area contributed by atoms with Crippen LogP contribution in [0.3, 0.4) is 0 Å². The highest BCUT2D eigenvalue weighted by Gasteiger charge is 2.19. The van der Waals surface area contributed by atoms with E-state index in [9.17, 15) is 0 Å². The molecule has 0 saturated heterocycles. The Balaban J connectivity index is 0.00000220. The zero-order valence-corrected chi connectivity index (χ0v) is 15.2. The van der Waals surface area contributed by atoms with Crippen molar-refractivity contribution in [1.82, 2.24) is 10.6 Å². The van der Waals surface area contributed by atoms with Crippen LogP contribution in [-0.4, -0.2) is 26.7 Å². The Kier molecular flexibility index (Phi) is 8.49. The molecular formula is C16H26IN3O. The van der Waals surface area contributed by atoms with E-state index in [0.717, 1.165) is 30.7 Å². The molecule has 1 fully saturated rings. The minimum absolute atomic E-state index is 0. The molecule has 1 aromatic carbocycles. The third kappa shape index (κ3) is 7.02. The minimum Gasteiger partial charge on any atom is -0.497 e. The van der Waals surface area contributed by atoms with E-state index in [-0.39, 0.29) is 24.0 Å². The monoisotopic (exact) mass is 403 g/mol. The maximum Gasteiger partial charge on any atom is 0.191 e. The van der Waals surface area contributed by atoms with Crippen molar-refractivity contribution < 1.29 is 4.74 Å². The summed E-state index contributed by atoms with van der Waals surface area (Å²) < 4.78 is 5.22. The van der Waals surface area contributed by atoms with Crippen LogP contribution in [-0.2, 0) is 6.54 Å². The van der Waals surface area contributed by atoms with E-state index in [1.54, 1.807) is 7.11 Å². The van der Waals surface area contributed by atoms with E-state index in [1.165, 1.54) is 31.2 Å². The molecule has 4 nitrogen and oxygen atoms in total. The lowest BCUT2D eigenvalue weighted by molar-refractivity contribution is 0.414. The summed E-state index contributed by atoms with van der Waals surface area (Å²) in [5.74, 6) is 2.75. The molecule has 1 saturated carbocycles. The van der Waals surface area contributed by atoms with Gasteiger partial charge in [0.15, 0.2) is 5.96 Å². The summed E-state index contributed by atoms with van der Waals surface area (Å²) in [7, 11) is 3.49. The molecule has 118 valence electrons. The molecular weight excluding hydrogens is 377 g/mol. The van der Waals surface area contributed by atoms with E-state index in [4.69, 9.17) is 4.74 Å². The molecule has 0 radical (unpaired) electrons. The Morgan fingerprint density at radius 1 is 1.33 bits per heavy atom. The topological polar surface area (TPSA) is 45.7 Å². The van der Waals surface area contributed by atoms with Crippen LogP contribution in [0, 0.1) is 5.92 Å². The minimum atomic E-state index is 0. The second-order valence-electron chi connectivity index (χ2n) is 5.29. The highest BCUT2D eigenvalue weighted by atomic mass is 127. The van der Waals surface area contributed by atoms with Gasteiger partial charge in [-0.1, -0.05) is 25.0 Å². The van der Waals surface area contributed by atoms with E-state index in [0.29, 0.717) is 0 Å². The van der Waals surface area contributed by atoms with Crippen LogP contribution < -0.4 is 15.4 Å². The predicted molar refractivity (Wildman–Crippen MR) is 98.6 cm³/mol. The van der Waals surface area contributed by atoms with Crippen molar-refractivity contribution in [2.75, 3.05) is 20.7 Å². The largest absolute Gasteiger partial charge is 0.497 e. The van der Waals surface area contributed by atoms with Crippen molar-refractivity contribution in [3.63, 3.8) is 0 Å². The first-order chi connectivity index (χ1) is 9.81. The number of halogens is 1. The molecule has 21 heavy (non-hydrogen) atoms. The van der Waals surface area contributed by atoms with E-state index in [2.05, 4.69) is 21.7 Å². The van der Waals surface area contributed by atoms with Crippen molar-refractivity contribution in [2.24, 2.45) is 10.9 Å². The molecule has 0 atom stereocenters. The van der Waals surface area contributed by atoms with Crippen LogP contribution in [0.2, 0.25) is 0 Å². The van der Waals surface area contributed by atoms with Gasteiger partial charge in [-0.3, -0.25) is 4.99 Å². The van der Waals surface area contributed by atoms with Gasteiger partial charge in [-0.15, -0.1) is 24.0 Å². The standard InChI is InChI=1S/C16H25N3O.HI/c1-17-16(18-10-4-6-13-8-9-13)19-12-14-5-3-7-15(11-14)20-2;/h3,5,7,11,13H,4,6,8-10,12H2,1-2H3,(H2,17,18,19);1H. The number of nitrogens with one attached hydrogen (secondary N) is 2. The van der Waals surface area contributed by atoms with Gasteiger partial charge in [0.2, 0.25) is 0 Å². The third-order valence-corrected chi connectivity index (χ3v) is 3.60. The molecule has 1 aromatic rings. The van der Waals surface area contributed by atoms with E-state index < -0.39 is 0 Å². The van der Waals surface area contributed by atoms with Crippen molar-refractivity contribution >= 4 is 29.9 Å². The Morgan fingerprint density at radius 3 is 2.81 bits per heavy atom. The van der Waals surface area contributed by atoms with Gasteiger partial charge in [-0.25, -0.2) is 0 Å². The highest BCUT2D eigenvalue weighted by Crippen LogP contribution is 2.33. The molecule has 0 spiro atoms. The second-order valence-corrected chi connectivity index (χ2v) is 5.29. The number of aliphatic imine (C=N–C) groups is 1. The summed E-state index contributed by atoms with van der Waals surface area (Å²) in [5.41, 5.74) is 1.19. The summed E-state index contributed by atoms with van der Waals surface area (Å²) in [4.78, 5) is 4.24. The predicted octanol–water partition coefficient (Wildman–Crippen LogP) is 3.17. The van der Waals surface area contributed by atoms with Gasteiger partial charge in [0.1, 0.15) is 5.75 Å². The summed E-state index contributed by atoms with van der Waals surface area (Å²) >= 11 is 0. The lowest BCUT2D eigenvalue weighted by Gasteiger charge is -2.12. The number of ether oxygens (including phenoxy) is 1. The lowest BCUT2D eigenvalue weighted by Crippen LogP contribution is -2.37. The summed E-state index contributed by atoms with van der Waals surface area (Å²) in [6.45, 7) is 1.74. The van der Waals surface area contributed by atoms with Crippen LogP contribution in [0.15, 0.2) is 29.3 Å². The van der Waals surface area contributed by atoms with Crippen LogP contribution in [0.25, 0.3) is 0 Å². The molecule has 1 aliphatic carbocycles. The van der Waals surface area contributed by atoms with Crippen molar-refractivity contribution in [3.05, 3.63) is 29.8 Å². The van der Waals surface area contributed by atoms with Crippen molar-refractivity contribution in [3.8, 4) is 5.75 Å². The fraction of sp³-hybridized carbons (Fsp3) is 0.562. The zero-order valence-electron chi connectivity index (χ0n) is 12.9. The van der Waals surface area contributed by atoms with Gasteiger partial charge in [-0.2, -0.15) is 0 Å². The van der Waals surface area contributed by atoms with Crippen LogP contribution in [0.1, 0.15) is 31.2 Å². The quantitative estimate of drug-likeness (QED) is 0.318. The van der Waals surface area contributed by atoms with E-state index in [1.807, 2.05) is 25.2 Å². The Morgan fingerprint density at radius 2 is 2.14 bits per heavy atom. The molecule has 5 heteroatoms. The van der Waals surface area contributed by atoms with Crippen molar-refractivity contribution in [2.45, 2.75) is 32.2 Å². The molecule has 0 unspecified atom stereocenters. The number of benzene rings is 1. The lowest BCUT2D eigenvalue weighted by atomic mass is 10.2. The number of hydrogen-bond donors (Lipinski definition) is 2. The summed E-state index contributed by atoms with van der Waals surface area (Å²) in [6.07, 6.45) is 5.44. The summed E-state index contributed by atoms with van der Waals surface area (Å²) in [5, 5.41) is 6.68. The number of guanidine groups is 1. The first kappa shape index (κ1) is 18.1. The van der Waals surface area contributed by atoms with Crippen LogP contribution >= 0.6 is 24.0 Å². The first-order valence-corrected chi connectivity index (χ1v) is 7.39. The SMILES string of the molecule is CN=C(NCCCC1CC1)NCc1cccc(OC)c1.I. The smallest absolute Gasteiger partial charge is 0.191 e. The number of methoxy groups -OCH3 is 1. The molecule has 0 heterocycles. The first-order valence-electron chi connectivity index (χ1n) is 7.39. The molecule has 0 amide bonds. The number of hydrogen-bond acceptors (Lipinski definition) is 2. The average molecular weight is 403 g/mol. The Hall–Kier alpha value is -0.980. The summed E-state index contributed by atoms with van der Waals surface area (Å²) in [6, 6.07) is 8.07. The number of nitrogens with zero attached hydrogens (tertiary/aromatic N) is 1. The normalized spacial score (nSPS) is 14.3. The van der Waals surface area contributed by atoms with Gasteiger partial charge in [0, 0.05) is 20.1 Å². The fourth-order valence-electron chi connectivity index (χ4n) is 2.19. The Labute approximate surface area is 144 Å². The van der Waals surface area contributed by atoms with Crippen LogP contribution in [0.5, 0.6) is 5.75 Å². The van der Waals surface area contributed by atoms with Gasteiger partial charge < -0.3 is 15.4 Å². The van der Waals surface area contributed by atoms with Crippen molar-refractivity contribution in [1.29, 1.82) is 0 Å². The Bertz CT molecular complexity index is 447. The second kappa shape index (κ2) is 9.87. The number of rotatable bonds is 7.